The lowest BCUT2D eigenvalue weighted by molar-refractivity contribution is -0.112. The smallest absolute Gasteiger partial charge is 0.338 e. The van der Waals surface area contributed by atoms with Gasteiger partial charge in [-0.3, -0.25) is 4.79 Å². The third-order valence-electron chi connectivity index (χ3n) is 3.23. The number of carbonyl (C=O) groups excluding carboxylic acids is 2. The number of ether oxygens (including phenoxy) is 1. The summed E-state index contributed by atoms with van der Waals surface area (Å²) < 4.78 is 4.90. The maximum Gasteiger partial charge on any atom is 0.338 e. The van der Waals surface area contributed by atoms with Gasteiger partial charge in [-0.15, -0.1) is 0 Å². The van der Waals surface area contributed by atoms with Crippen molar-refractivity contribution in [2.45, 2.75) is 26.7 Å². The molecule has 1 aromatic rings. The van der Waals surface area contributed by atoms with Gasteiger partial charge < -0.3 is 15.0 Å². The molecule has 24 heavy (non-hydrogen) atoms. The largest absolute Gasteiger partial charge is 0.462 e. The highest BCUT2D eigenvalue weighted by Crippen LogP contribution is 2.12. The summed E-state index contributed by atoms with van der Waals surface area (Å²) in [5.74, 6) is -0.893. The van der Waals surface area contributed by atoms with Crippen LogP contribution in [0.1, 0.15) is 37.0 Å². The number of hydrogen-bond acceptors (Lipinski definition) is 5. The topological polar surface area (TPSA) is 82.4 Å². The number of nitrogens with zero attached hydrogens (tertiary/aromatic N) is 2. The van der Waals surface area contributed by atoms with Crippen molar-refractivity contribution in [3.63, 3.8) is 0 Å². The van der Waals surface area contributed by atoms with E-state index in [1.807, 2.05) is 18.0 Å². The number of nitriles is 1. The standard InChI is InChI=1S/C18H23N3O3/c1-4-6-11-21(3)13-15(12-19)17(22)20-16-9-7-14(8-10-16)18(23)24-5-2/h7-10,13H,4-6,11H2,1-3H3,(H,20,22)/b15-13-. The summed E-state index contributed by atoms with van der Waals surface area (Å²) in [6.07, 6.45) is 3.57. The minimum absolute atomic E-state index is 0.0306. The van der Waals surface area contributed by atoms with Gasteiger partial charge in [0, 0.05) is 25.5 Å². The van der Waals surface area contributed by atoms with Crippen molar-refractivity contribution in [1.82, 2.24) is 4.90 Å². The van der Waals surface area contributed by atoms with Gasteiger partial charge in [0.25, 0.3) is 5.91 Å². The first-order valence-electron chi connectivity index (χ1n) is 7.92. The van der Waals surface area contributed by atoms with Crippen LogP contribution in [0.2, 0.25) is 0 Å². The Morgan fingerprint density at radius 3 is 2.50 bits per heavy atom. The number of amides is 1. The fourth-order valence-electron chi connectivity index (χ4n) is 1.93. The van der Waals surface area contributed by atoms with E-state index >= 15 is 0 Å². The van der Waals surface area contributed by atoms with Gasteiger partial charge in [-0.2, -0.15) is 5.26 Å². The summed E-state index contributed by atoms with van der Waals surface area (Å²) in [7, 11) is 1.83. The molecule has 1 amide bonds. The van der Waals surface area contributed by atoms with E-state index in [-0.39, 0.29) is 5.57 Å². The van der Waals surface area contributed by atoms with Gasteiger partial charge in [-0.05, 0) is 37.6 Å². The lowest BCUT2D eigenvalue weighted by Crippen LogP contribution is -2.19. The fourth-order valence-corrected chi connectivity index (χ4v) is 1.93. The molecule has 6 heteroatoms. The van der Waals surface area contributed by atoms with Crippen LogP contribution in [0.4, 0.5) is 5.69 Å². The predicted octanol–water partition coefficient (Wildman–Crippen LogP) is 2.94. The van der Waals surface area contributed by atoms with Crippen molar-refractivity contribution in [3.8, 4) is 6.07 Å². The summed E-state index contributed by atoms with van der Waals surface area (Å²) in [5, 5.41) is 11.8. The highest BCUT2D eigenvalue weighted by molar-refractivity contribution is 6.06. The van der Waals surface area contributed by atoms with Gasteiger partial charge in [0.1, 0.15) is 11.6 Å². The highest BCUT2D eigenvalue weighted by Gasteiger charge is 2.11. The van der Waals surface area contributed by atoms with Gasteiger partial charge in [-0.1, -0.05) is 13.3 Å². The van der Waals surface area contributed by atoms with Crippen molar-refractivity contribution in [2.75, 3.05) is 25.5 Å². The SMILES string of the molecule is CCCCN(C)/C=C(/C#N)C(=O)Nc1ccc(C(=O)OCC)cc1. The van der Waals surface area contributed by atoms with E-state index in [0.29, 0.717) is 17.9 Å². The Labute approximate surface area is 142 Å². The monoisotopic (exact) mass is 329 g/mol. The number of esters is 1. The zero-order valence-corrected chi connectivity index (χ0v) is 14.3. The van der Waals surface area contributed by atoms with Crippen molar-refractivity contribution in [1.29, 1.82) is 5.26 Å². The van der Waals surface area contributed by atoms with Gasteiger partial charge in [-0.25, -0.2) is 4.79 Å². The second-order valence-corrected chi connectivity index (χ2v) is 5.24. The Bertz CT molecular complexity index is 630. The van der Waals surface area contributed by atoms with Crippen molar-refractivity contribution in [2.24, 2.45) is 0 Å². The second-order valence-electron chi connectivity index (χ2n) is 5.24. The van der Waals surface area contributed by atoms with Crippen LogP contribution in [0.3, 0.4) is 0 Å². The third-order valence-corrected chi connectivity index (χ3v) is 3.23. The molecule has 0 saturated carbocycles. The number of carbonyl (C=O) groups is 2. The van der Waals surface area contributed by atoms with Crippen molar-refractivity contribution in [3.05, 3.63) is 41.6 Å². The normalized spacial score (nSPS) is 10.7. The molecule has 0 bridgehead atoms. The third kappa shape index (κ3) is 6.13. The number of unbranched alkanes of at least 4 members (excludes halogenated alkanes) is 1. The predicted molar refractivity (Wildman–Crippen MR) is 92.3 cm³/mol. The molecular weight excluding hydrogens is 306 g/mol. The summed E-state index contributed by atoms with van der Waals surface area (Å²) in [5.41, 5.74) is 0.943. The quantitative estimate of drug-likeness (QED) is 0.450. The number of anilines is 1. The maximum absolute atomic E-state index is 12.2. The van der Waals surface area contributed by atoms with Crippen LogP contribution in [0.5, 0.6) is 0 Å². The molecule has 0 aliphatic heterocycles. The van der Waals surface area contributed by atoms with Crippen LogP contribution in [0.15, 0.2) is 36.0 Å². The molecule has 0 aromatic heterocycles. The van der Waals surface area contributed by atoms with Crippen LogP contribution in [-0.4, -0.2) is 37.0 Å². The van der Waals surface area contributed by atoms with Gasteiger partial charge in [0.2, 0.25) is 0 Å². The van der Waals surface area contributed by atoms with Crippen LogP contribution in [-0.2, 0) is 9.53 Å². The minimum Gasteiger partial charge on any atom is -0.462 e. The highest BCUT2D eigenvalue weighted by atomic mass is 16.5. The van der Waals surface area contributed by atoms with Gasteiger partial charge in [0.15, 0.2) is 0 Å². The Morgan fingerprint density at radius 1 is 1.29 bits per heavy atom. The van der Waals surface area contributed by atoms with Crippen molar-refractivity contribution >= 4 is 17.6 Å². The zero-order valence-electron chi connectivity index (χ0n) is 14.3. The van der Waals surface area contributed by atoms with E-state index in [1.54, 1.807) is 31.2 Å². The summed E-state index contributed by atoms with van der Waals surface area (Å²) in [6, 6.07) is 8.24. The van der Waals surface area contributed by atoms with Crippen LogP contribution >= 0.6 is 0 Å². The maximum atomic E-state index is 12.2. The molecule has 0 spiro atoms. The molecule has 1 rings (SSSR count). The number of nitrogens with one attached hydrogen (secondary N) is 1. The van der Waals surface area contributed by atoms with E-state index in [2.05, 4.69) is 12.2 Å². The van der Waals surface area contributed by atoms with Crippen LogP contribution in [0.25, 0.3) is 0 Å². The number of benzene rings is 1. The summed E-state index contributed by atoms with van der Waals surface area (Å²) in [6.45, 7) is 4.90. The second kappa shape index (κ2) is 10.1. The summed E-state index contributed by atoms with van der Waals surface area (Å²) in [4.78, 5) is 25.6. The zero-order chi connectivity index (χ0) is 17.9. The molecule has 1 aromatic carbocycles. The lowest BCUT2D eigenvalue weighted by Gasteiger charge is -2.14. The van der Waals surface area contributed by atoms with Crippen LogP contribution < -0.4 is 5.32 Å². The first-order valence-corrected chi connectivity index (χ1v) is 7.92. The van der Waals surface area contributed by atoms with E-state index in [4.69, 9.17) is 10.00 Å². The number of rotatable bonds is 8. The Hall–Kier alpha value is -2.81. The molecule has 6 nitrogen and oxygen atoms in total. The molecular formula is C18H23N3O3. The number of hydrogen-bond donors (Lipinski definition) is 1. The Morgan fingerprint density at radius 2 is 1.96 bits per heavy atom. The molecule has 0 aliphatic rings. The Balaban J connectivity index is 2.73. The Kier molecular flexibility index (Phi) is 8.06. The molecule has 128 valence electrons. The lowest BCUT2D eigenvalue weighted by atomic mass is 10.2. The molecule has 0 fully saturated rings. The summed E-state index contributed by atoms with van der Waals surface area (Å²) >= 11 is 0. The first kappa shape index (κ1) is 19.2. The fraction of sp³-hybridized carbons (Fsp3) is 0.389. The molecule has 1 N–H and O–H groups in total. The average Bonchev–Trinajstić information content (AvgIpc) is 2.58. The molecule has 0 unspecified atom stereocenters. The average molecular weight is 329 g/mol. The van der Waals surface area contributed by atoms with E-state index in [0.717, 1.165) is 19.4 Å². The van der Waals surface area contributed by atoms with Crippen molar-refractivity contribution < 1.29 is 14.3 Å². The van der Waals surface area contributed by atoms with E-state index < -0.39 is 11.9 Å². The molecule has 0 atom stereocenters. The molecule has 0 aliphatic carbocycles. The minimum atomic E-state index is -0.482. The molecule has 0 heterocycles. The van der Waals surface area contributed by atoms with Gasteiger partial charge in [0.05, 0.1) is 12.2 Å². The van der Waals surface area contributed by atoms with E-state index in [1.165, 1.54) is 6.20 Å². The van der Waals surface area contributed by atoms with Gasteiger partial charge >= 0.3 is 5.97 Å². The molecule has 0 radical (unpaired) electrons. The molecule has 0 saturated heterocycles. The van der Waals surface area contributed by atoms with Crippen LogP contribution in [0, 0.1) is 11.3 Å². The first-order chi connectivity index (χ1) is 11.5. The van der Waals surface area contributed by atoms with E-state index in [9.17, 15) is 9.59 Å².